The Hall–Kier alpha value is -1.26. The predicted molar refractivity (Wildman–Crippen MR) is 55.7 cm³/mol. The largest absolute Gasteiger partial charge is 0.298 e. The van der Waals surface area contributed by atoms with E-state index in [9.17, 15) is 4.79 Å². The Morgan fingerprint density at radius 3 is 2.93 bits per heavy atom. The number of thiophene rings is 1. The Morgan fingerprint density at radius 1 is 1.43 bits per heavy atom. The van der Waals surface area contributed by atoms with Gasteiger partial charge in [-0.1, -0.05) is 17.7 Å². The van der Waals surface area contributed by atoms with Crippen LogP contribution >= 0.6 is 22.9 Å². The summed E-state index contributed by atoms with van der Waals surface area (Å²) in [6.45, 7) is 0. The van der Waals surface area contributed by atoms with Gasteiger partial charge in [0.15, 0.2) is 6.29 Å². The molecule has 2 heterocycles. The molecule has 0 unspecified atom stereocenters. The maximum Gasteiger partial charge on any atom is 0.155 e. The normalized spacial score (nSPS) is 10.1. The lowest BCUT2D eigenvalue weighted by molar-refractivity contribution is 0.112. The highest BCUT2D eigenvalue weighted by molar-refractivity contribution is 7.13. The molecule has 0 saturated carbocycles. The monoisotopic (exact) mass is 224 g/mol. The highest BCUT2D eigenvalue weighted by atomic mass is 35.5. The molecule has 70 valence electrons. The molecule has 2 rings (SSSR count). The summed E-state index contributed by atoms with van der Waals surface area (Å²) in [7, 11) is 0. The SMILES string of the molecule is O=Cc1c(Cl)ncnc1-c1cccs1. The van der Waals surface area contributed by atoms with Gasteiger partial charge in [-0.15, -0.1) is 11.3 Å². The number of aromatic nitrogens is 2. The Kier molecular flexibility index (Phi) is 2.56. The first kappa shape index (κ1) is 9.30. The molecule has 0 aromatic carbocycles. The fraction of sp³-hybridized carbons (Fsp3) is 0. The Bertz CT molecular complexity index is 456. The van der Waals surface area contributed by atoms with Gasteiger partial charge in [0.05, 0.1) is 16.1 Å². The summed E-state index contributed by atoms with van der Waals surface area (Å²) >= 11 is 7.28. The molecule has 3 nitrogen and oxygen atoms in total. The summed E-state index contributed by atoms with van der Waals surface area (Å²) < 4.78 is 0. The van der Waals surface area contributed by atoms with Crippen LogP contribution in [0.25, 0.3) is 10.6 Å². The average Bonchev–Trinajstić information content (AvgIpc) is 2.70. The molecule has 0 saturated heterocycles. The average molecular weight is 225 g/mol. The van der Waals surface area contributed by atoms with Crippen LogP contribution in [0.5, 0.6) is 0 Å². The van der Waals surface area contributed by atoms with Crippen LogP contribution < -0.4 is 0 Å². The first-order valence-corrected chi connectivity index (χ1v) is 5.08. The molecule has 0 radical (unpaired) electrons. The van der Waals surface area contributed by atoms with E-state index in [0.29, 0.717) is 17.5 Å². The maximum absolute atomic E-state index is 10.8. The minimum Gasteiger partial charge on any atom is -0.298 e. The number of halogens is 1. The Morgan fingerprint density at radius 2 is 2.29 bits per heavy atom. The van der Waals surface area contributed by atoms with Crippen LogP contribution in [0.1, 0.15) is 10.4 Å². The van der Waals surface area contributed by atoms with Gasteiger partial charge >= 0.3 is 0 Å². The zero-order chi connectivity index (χ0) is 9.97. The van der Waals surface area contributed by atoms with E-state index in [1.54, 1.807) is 0 Å². The second-order valence-corrected chi connectivity index (χ2v) is 3.83. The van der Waals surface area contributed by atoms with Crippen molar-refractivity contribution >= 4 is 29.2 Å². The van der Waals surface area contributed by atoms with Crippen molar-refractivity contribution in [3.8, 4) is 10.6 Å². The Labute approximate surface area is 89.4 Å². The molecule has 0 atom stereocenters. The van der Waals surface area contributed by atoms with Crippen LogP contribution in [0.3, 0.4) is 0 Å². The van der Waals surface area contributed by atoms with E-state index in [0.717, 1.165) is 4.88 Å². The lowest BCUT2D eigenvalue weighted by Gasteiger charge is -2.00. The topological polar surface area (TPSA) is 42.9 Å². The summed E-state index contributed by atoms with van der Waals surface area (Å²) in [6.07, 6.45) is 2.03. The molecule has 0 N–H and O–H groups in total. The standard InChI is InChI=1S/C9H5ClN2OS/c10-9-6(4-13)8(11-5-12-9)7-2-1-3-14-7/h1-5H. The number of nitrogens with zero attached hydrogens (tertiary/aromatic N) is 2. The van der Waals surface area contributed by atoms with E-state index in [-0.39, 0.29) is 5.15 Å². The summed E-state index contributed by atoms with van der Waals surface area (Å²) in [5.74, 6) is 0. The van der Waals surface area contributed by atoms with Crippen LogP contribution in [-0.2, 0) is 0 Å². The van der Waals surface area contributed by atoms with Gasteiger partial charge in [-0.05, 0) is 11.4 Å². The van der Waals surface area contributed by atoms with Gasteiger partial charge in [0.2, 0.25) is 0 Å². The molecule has 0 bridgehead atoms. The fourth-order valence-corrected chi connectivity index (χ4v) is 2.00. The van der Waals surface area contributed by atoms with Crippen LogP contribution in [0.15, 0.2) is 23.8 Å². The molecule has 2 aromatic rings. The van der Waals surface area contributed by atoms with Crippen LogP contribution in [-0.4, -0.2) is 16.3 Å². The minimum atomic E-state index is 0.193. The van der Waals surface area contributed by atoms with Crippen molar-refractivity contribution in [3.05, 3.63) is 34.6 Å². The van der Waals surface area contributed by atoms with E-state index in [2.05, 4.69) is 9.97 Å². The first-order chi connectivity index (χ1) is 6.83. The van der Waals surface area contributed by atoms with E-state index in [1.165, 1.54) is 17.7 Å². The number of hydrogen-bond acceptors (Lipinski definition) is 4. The Balaban J connectivity index is 2.64. The molecule has 0 aliphatic rings. The van der Waals surface area contributed by atoms with Gasteiger partial charge in [0.25, 0.3) is 0 Å². The third-order valence-corrected chi connectivity index (χ3v) is 2.89. The molecule has 0 spiro atoms. The molecular weight excluding hydrogens is 220 g/mol. The second kappa shape index (κ2) is 3.86. The predicted octanol–water partition coefficient (Wildman–Crippen LogP) is 2.67. The molecule has 14 heavy (non-hydrogen) atoms. The van der Waals surface area contributed by atoms with E-state index in [4.69, 9.17) is 11.6 Å². The van der Waals surface area contributed by atoms with Crippen molar-refractivity contribution in [1.82, 2.24) is 9.97 Å². The van der Waals surface area contributed by atoms with Gasteiger partial charge in [0, 0.05) is 0 Å². The molecule has 0 fully saturated rings. The minimum absolute atomic E-state index is 0.193. The number of rotatable bonds is 2. The van der Waals surface area contributed by atoms with E-state index < -0.39 is 0 Å². The molecule has 0 aliphatic heterocycles. The van der Waals surface area contributed by atoms with Crippen molar-refractivity contribution < 1.29 is 4.79 Å². The lowest BCUT2D eigenvalue weighted by atomic mass is 10.2. The highest BCUT2D eigenvalue weighted by Crippen LogP contribution is 2.27. The van der Waals surface area contributed by atoms with Crippen LogP contribution in [0.2, 0.25) is 5.15 Å². The van der Waals surface area contributed by atoms with Crippen LogP contribution in [0, 0.1) is 0 Å². The highest BCUT2D eigenvalue weighted by Gasteiger charge is 2.11. The van der Waals surface area contributed by atoms with Gasteiger partial charge < -0.3 is 0 Å². The summed E-state index contributed by atoms with van der Waals surface area (Å²) in [5, 5.41) is 2.11. The van der Waals surface area contributed by atoms with Crippen molar-refractivity contribution in [2.24, 2.45) is 0 Å². The molecule has 2 aromatic heterocycles. The summed E-state index contributed by atoms with van der Waals surface area (Å²) in [4.78, 5) is 19.5. The number of carbonyl (C=O) groups excluding carboxylic acids is 1. The number of carbonyl (C=O) groups is 1. The number of aldehydes is 1. The molecule has 0 amide bonds. The van der Waals surface area contributed by atoms with Crippen molar-refractivity contribution in [3.63, 3.8) is 0 Å². The quantitative estimate of drug-likeness (QED) is 0.582. The second-order valence-electron chi connectivity index (χ2n) is 2.52. The van der Waals surface area contributed by atoms with E-state index in [1.807, 2.05) is 17.5 Å². The van der Waals surface area contributed by atoms with Crippen molar-refractivity contribution in [1.29, 1.82) is 0 Å². The van der Waals surface area contributed by atoms with Crippen LogP contribution in [0.4, 0.5) is 0 Å². The van der Waals surface area contributed by atoms with Gasteiger partial charge in [-0.3, -0.25) is 4.79 Å². The van der Waals surface area contributed by atoms with Crippen molar-refractivity contribution in [2.45, 2.75) is 0 Å². The number of hydrogen-bond donors (Lipinski definition) is 0. The zero-order valence-electron chi connectivity index (χ0n) is 6.98. The first-order valence-electron chi connectivity index (χ1n) is 3.82. The van der Waals surface area contributed by atoms with E-state index >= 15 is 0 Å². The van der Waals surface area contributed by atoms with Crippen molar-refractivity contribution in [2.75, 3.05) is 0 Å². The smallest absolute Gasteiger partial charge is 0.155 e. The molecule has 0 aliphatic carbocycles. The van der Waals surface area contributed by atoms with Gasteiger partial charge in [-0.2, -0.15) is 0 Å². The lowest BCUT2D eigenvalue weighted by Crippen LogP contribution is -1.93. The zero-order valence-corrected chi connectivity index (χ0v) is 8.55. The maximum atomic E-state index is 10.8. The third kappa shape index (κ3) is 1.54. The summed E-state index contributed by atoms with van der Waals surface area (Å²) in [6, 6.07) is 3.78. The fourth-order valence-electron chi connectivity index (χ4n) is 1.09. The molecular formula is C9H5ClN2OS. The summed E-state index contributed by atoms with van der Waals surface area (Å²) in [5.41, 5.74) is 0.937. The van der Waals surface area contributed by atoms with Gasteiger partial charge in [0.1, 0.15) is 11.5 Å². The molecule has 5 heteroatoms. The third-order valence-electron chi connectivity index (χ3n) is 1.71. The van der Waals surface area contributed by atoms with Gasteiger partial charge in [-0.25, -0.2) is 9.97 Å².